The van der Waals surface area contributed by atoms with Gasteiger partial charge in [-0.3, -0.25) is 0 Å². The third kappa shape index (κ3) is 2.17. The highest BCUT2D eigenvalue weighted by atomic mass is 35.5. The van der Waals surface area contributed by atoms with Crippen LogP contribution >= 0.6 is 11.6 Å². The zero-order valence-electron chi connectivity index (χ0n) is 9.40. The fraction of sp³-hybridized carbons (Fsp3) is 0.538. The molecule has 1 aliphatic rings. The Morgan fingerprint density at radius 2 is 1.87 bits per heavy atom. The van der Waals surface area contributed by atoms with Crippen molar-refractivity contribution in [2.24, 2.45) is 0 Å². The molecule has 0 nitrogen and oxygen atoms in total. The third-order valence-corrected chi connectivity index (χ3v) is 3.21. The highest BCUT2D eigenvalue weighted by Gasteiger charge is 2.30. The number of hydrogen-bond donors (Lipinski definition) is 0. The van der Waals surface area contributed by atoms with Crippen LogP contribution < -0.4 is 0 Å². The summed E-state index contributed by atoms with van der Waals surface area (Å²) in [5.41, 5.74) is 2.38. The molecular weight excluding hydrogens is 211 g/mol. The fourth-order valence-corrected chi connectivity index (χ4v) is 2.11. The Kier molecular flexibility index (Phi) is 2.54. The van der Waals surface area contributed by atoms with Crippen molar-refractivity contribution in [3.8, 4) is 0 Å². The van der Waals surface area contributed by atoms with E-state index in [9.17, 15) is 4.39 Å². The van der Waals surface area contributed by atoms with E-state index in [1.54, 1.807) is 12.1 Å². The van der Waals surface area contributed by atoms with Crippen LogP contribution in [0.4, 0.5) is 4.39 Å². The second kappa shape index (κ2) is 3.48. The second-order valence-electron chi connectivity index (χ2n) is 5.38. The first-order valence-corrected chi connectivity index (χ1v) is 5.77. The van der Waals surface area contributed by atoms with Gasteiger partial charge in [0.25, 0.3) is 0 Å². The van der Waals surface area contributed by atoms with Crippen molar-refractivity contribution in [3.05, 3.63) is 34.1 Å². The van der Waals surface area contributed by atoms with E-state index in [4.69, 9.17) is 11.6 Å². The lowest BCUT2D eigenvalue weighted by atomic mass is 9.82. The van der Waals surface area contributed by atoms with Crippen LogP contribution in [0.3, 0.4) is 0 Å². The maximum absolute atomic E-state index is 13.4. The predicted molar refractivity (Wildman–Crippen MR) is 62.1 cm³/mol. The number of benzene rings is 1. The van der Waals surface area contributed by atoms with E-state index in [0.717, 1.165) is 5.56 Å². The average molecular weight is 227 g/mol. The van der Waals surface area contributed by atoms with E-state index >= 15 is 0 Å². The minimum atomic E-state index is -0.286. The van der Waals surface area contributed by atoms with Gasteiger partial charge in [0.2, 0.25) is 0 Å². The SMILES string of the molecule is CC(C)(C)c1cc(Cl)c(F)cc1C1CC1. The molecule has 0 saturated heterocycles. The second-order valence-corrected chi connectivity index (χ2v) is 5.79. The van der Waals surface area contributed by atoms with Gasteiger partial charge in [0.05, 0.1) is 5.02 Å². The van der Waals surface area contributed by atoms with Gasteiger partial charge in [0.1, 0.15) is 5.82 Å². The molecule has 0 N–H and O–H groups in total. The first-order chi connectivity index (χ1) is 6.89. The summed E-state index contributed by atoms with van der Waals surface area (Å²) >= 11 is 5.84. The monoisotopic (exact) mass is 226 g/mol. The summed E-state index contributed by atoms with van der Waals surface area (Å²) in [6.45, 7) is 6.42. The first kappa shape index (κ1) is 10.9. The molecule has 0 atom stereocenters. The van der Waals surface area contributed by atoms with Crippen molar-refractivity contribution in [1.29, 1.82) is 0 Å². The Morgan fingerprint density at radius 1 is 1.27 bits per heavy atom. The average Bonchev–Trinajstić information content (AvgIpc) is 2.89. The molecule has 0 unspecified atom stereocenters. The van der Waals surface area contributed by atoms with E-state index in [0.29, 0.717) is 5.92 Å². The van der Waals surface area contributed by atoms with Gasteiger partial charge in [-0.2, -0.15) is 0 Å². The quantitative estimate of drug-likeness (QED) is 0.654. The summed E-state index contributed by atoms with van der Waals surface area (Å²) in [7, 11) is 0. The van der Waals surface area contributed by atoms with Crippen LogP contribution in [0.1, 0.15) is 50.7 Å². The van der Waals surface area contributed by atoms with Crippen molar-refractivity contribution in [1.82, 2.24) is 0 Å². The first-order valence-electron chi connectivity index (χ1n) is 5.39. The van der Waals surface area contributed by atoms with Crippen molar-refractivity contribution in [2.45, 2.75) is 44.9 Å². The highest BCUT2D eigenvalue weighted by molar-refractivity contribution is 6.30. The molecule has 2 rings (SSSR count). The zero-order chi connectivity index (χ0) is 11.2. The van der Waals surface area contributed by atoms with Gasteiger partial charge in [0.15, 0.2) is 0 Å². The Balaban J connectivity index is 2.55. The fourth-order valence-electron chi connectivity index (χ4n) is 1.94. The van der Waals surface area contributed by atoms with Gasteiger partial charge < -0.3 is 0 Å². The normalized spacial score (nSPS) is 16.9. The summed E-state index contributed by atoms with van der Waals surface area (Å²) < 4.78 is 13.4. The topological polar surface area (TPSA) is 0 Å². The third-order valence-electron chi connectivity index (χ3n) is 2.92. The molecule has 0 radical (unpaired) electrons. The summed E-state index contributed by atoms with van der Waals surface area (Å²) in [6, 6.07) is 3.42. The molecule has 0 aromatic heterocycles. The molecule has 1 aliphatic carbocycles. The van der Waals surface area contributed by atoms with E-state index in [1.165, 1.54) is 18.4 Å². The zero-order valence-corrected chi connectivity index (χ0v) is 10.2. The standard InChI is InChI=1S/C13H16ClF/c1-13(2,3)10-7-11(14)12(15)6-9(10)8-4-5-8/h6-8H,4-5H2,1-3H3. The molecule has 0 aliphatic heterocycles. The van der Waals surface area contributed by atoms with Crippen LogP contribution in [0.15, 0.2) is 12.1 Å². The van der Waals surface area contributed by atoms with Crippen LogP contribution in [-0.4, -0.2) is 0 Å². The number of hydrogen-bond acceptors (Lipinski definition) is 0. The molecule has 82 valence electrons. The van der Waals surface area contributed by atoms with Gasteiger partial charge in [-0.25, -0.2) is 4.39 Å². The Hall–Kier alpha value is -0.560. The maximum Gasteiger partial charge on any atom is 0.142 e. The van der Waals surface area contributed by atoms with Crippen LogP contribution in [0.5, 0.6) is 0 Å². The molecule has 1 aromatic rings. The van der Waals surface area contributed by atoms with Gasteiger partial charge in [-0.05, 0) is 47.4 Å². The van der Waals surface area contributed by atoms with Gasteiger partial charge in [0, 0.05) is 0 Å². The minimum absolute atomic E-state index is 0.0370. The van der Waals surface area contributed by atoms with Crippen molar-refractivity contribution in [2.75, 3.05) is 0 Å². The van der Waals surface area contributed by atoms with Crippen molar-refractivity contribution >= 4 is 11.6 Å². The smallest absolute Gasteiger partial charge is 0.142 e. The summed E-state index contributed by atoms with van der Waals surface area (Å²) in [5.74, 6) is 0.276. The highest BCUT2D eigenvalue weighted by Crippen LogP contribution is 2.45. The Morgan fingerprint density at radius 3 is 2.33 bits per heavy atom. The van der Waals surface area contributed by atoms with E-state index in [1.807, 2.05) is 0 Å². The number of halogens is 2. The minimum Gasteiger partial charge on any atom is -0.205 e. The largest absolute Gasteiger partial charge is 0.205 e. The van der Waals surface area contributed by atoms with Crippen LogP contribution in [0.2, 0.25) is 5.02 Å². The van der Waals surface area contributed by atoms with Gasteiger partial charge in [-0.1, -0.05) is 32.4 Å². The van der Waals surface area contributed by atoms with E-state index < -0.39 is 0 Å². The van der Waals surface area contributed by atoms with Gasteiger partial charge in [-0.15, -0.1) is 0 Å². The molecule has 1 fully saturated rings. The molecule has 0 spiro atoms. The van der Waals surface area contributed by atoms with Crippen LogP contribution in [0, 0.1) is 5.82 Å². The van der Waals surface area contributed by atoms with Crippen molar-refractivity contribution < 1.29 is 4.39 Å². The lowest BCUT2D eigenvalue weighted by molar-refractivity contribution is 0.574. The van der Waals surface area contributed by atoms with E-state index in [-0.39, 0.29) is 16.3 Å². The molecule has 1 aromatic carbocycles. The maximum atomic E-state index is 13.4. The predicted octanol–water partition coefficient (Wildman–Crippen LogP) is 4.65. The lowest BCUT2D eigenvalue weighted by Crippen LogP contribution is -2.14. The molecule has 2 heteroatoms. The Labute approximate surface area is 95.4 Å². The Bertz CT molecular complexity index is 386. The van der Waals surface area contributed by atoms with Crippen LogP contribution in [0.25, 0.3) is 0 Å². The number of rotatable bonds is 1. The molecule has 0 amide bonds. The van der Waals surface area contributed by atoms with Crippen molar-refractivity contribution in [3.63, 3.8) is 0 Å². The van der Waals surface area contributed by atoms with Crippen LogP contribution in [-0.2, 0) is 5.41 Å². The summed E-state index contributed by atoms with van der Waals surface area (Å²) in [6.07, 6.45) is 2.37. The molecule has 15 heavy (non-hydrogen) atoms. The summed E-state index contributed by atoms with van der Waals surface area (Å²) in [5, 5.41) is 0.240. The molecule has 0 heterocycles. The lowest BCUT2D eigenvalue weighted by Gasteiger charge is -2.23. The molecular formula is C13H16ClF. The van der Waals surface area contributed by atoms with E-state index in [2.05, 4.69) is 20.8 Å². The summed E-state index contributed by atoms with van der Waals surface area (Å²) in [4.78, 5) is 0. The molecule has 1 saturated carbocycles. The molecule has 0 bridgehead atoms. The van der Waals surface area contributed by atoms with Gasteiger partial charge >= 0.3 is 0 Å².